The zero-order chi connectivity index (χ0) is 17.2. The highest BCUT2D eigenvalue weighted by molar-refractivity contribution is 7.15. The summed E-state index contributed by atoms with van der Waals surface area (Å²) in [5, 5.41) is 1.93. The topological polar surface area (TPSA) is 73.3 Å². The van der Waals surface area contributed by atoms with E-state index in [1.807, 2.05) is 53.9 Å². The number of anilines is 1. The summed E-state index contributed by atoms with van der Waals surface area (Å²) < 4.78 is 1.62. The van der Waals surface area contributed by atoms with Crippen molar-refractivity contribution in [2.24, 2.45) is 0 Å². The van der Waals surface area contributed by atoms with Gasteiger partial charge in [-0.25, -0.2) is 4.98 Å². The fourth-order valence-electron chi connectivity index (χ4n) is 2.53. The third kappa shape index (κ3) is 3.07. The number of hydrogen-bond donors (Lipinski definition) is 1. The maximum Gasteiger partial charge on any atom is 0.259 e. The van der Waals surface area contributed by atoms with E-state index in [0.717, 1.165) is 16.8 Å². The number of pyridine rings is 1. The van der Waals surface area contributed by atoms with Gasteiger partial charge >= 0.3 is 0 Å². The van der Waals surface area contributed by atoms with Crippen LogP contribution in [-0.2, 0) is 0 Å². The molecule has 0 radical (unpaired) electrons. The molecule has 3 heterocycles. The van der Waals surface area contributed by atoms with Crippen molar-refractivity contribution < 1.29 is 0 Å². The minimum Gasteiger partial charge on any atom is -0.399 e. The van der Waals surface area contributed by atoms with Crippen molar-refractivity contribution in [2.45, 2.75) is 0 Å². The summed E-state index contributed by atoms with van der Waals surface area (Å²) in [4.78, 5) is 21.9. The smallest absolute Gasteiger partial charge is 0.259 e. The van der Waals surface area contributed by atoms with Crippen LogP contribution in [-0.4, -0.2) is 14.4 Å². The molecule has 4 rings (SSSR count). The average molecular weight is 346 g/mol. The number of hydrogen-bond acceptors (Lipinski definition) is 5. The monoisotopic (exact) mass is 346 g/mol. The predicted octanol–water partition coefficient (Wildman–Crippen LogP) is 3.57. The Bertz CT molecular complexity index is 1110. The van der Waals surface area contributed by atoms with Gasteiger partial charge in [0.2, 0.25) is 0 Å². The summed E-state index contributed by atoms with van der Waals surface area (Å²) in [5.41, 5.74) is 9.65. The number of benzene rings is 1. The fraction of sp³-hybridized carbons (Fsp3) is 0. The minimum atomic E-state index is -0.107. The third-order valence-electron chi connectivity index (χ3n) is 3.76. The van der Waals surface area contributed by atoms with Crippen molar-refractivity contribution in [3.63, 3.8) is 0 Å². The van der Waals surface area contributed by atoms with Crippen molar-refractivity contribution in [1.29, 1.82) is 0 Å². The Balaban J connectivity index is 1.76. The highest BCUT2D eigenvalue weighted by atomic mass is 32.1. The van der Waals surface area contributed by atoms with Crippen LogP contribution in [0.5, 0.6) is 0 Å². The van der Waals surface area contributed by atoms with Gasteiger partial charge < -0.3 is 5.73 Å². The Labute approximate surface area is 147 Å². The Hall–Kier alpha value is -3.25. The normalized spacial score (nSPS) is 11.4. The molecule has 0 unspecified atom stereocenters. The zero-order valence-electron chi connectivity index (χ0n) is 13.2. The molecule has 0 aliphatic heterocycles. The molecule has 0 saturated carbocycles. The molecule has 1 aromatic carbocycles. The van der Waals surface area contributed by atoms with Gasteiger partial charge in [0.15, 0.2) is 4.96 Å². The number of rotatable bonds is 3. The van der Waals surface area contributed by atoms with Gasteiger partial charge in [-0.15, -0.1) is 11.3 Å². The van der Waals surface area contributed by atoms with E-state index in [2.05, 4.69) is 9.97 Å². The van der Waals surface area contributed by atoms with Crippen LogP contribution in [0.25, 0.3) is 28.4 Å². The molecule has 25 heavy (non-hydrogen) atoms. The molecule has 0 fully saturated rings. The lowest BCUT2D eigenvalue weighted by Crippen LogP contribution is -2.13. The molecule has 0 spiro atoms. The van der Waals surface area contributed by atoms with Crippen LogP contribution in [0.15, 0.2) is 65.0 Å². The van der Waals surface area contributed by atoms with Crippen molar-refractivity contribution in [2.75, 3.05) is 5.73 Å². The van der Waals surface area contributed by atoms with Crippen LogP contribution in [0.4, 0.5) is 5.69 Å². The highest BCUT2D eigenvalue weighted by Crippen LogP contribution is 2.25. The van der Waals surface area contributed by atoms with Gasteiger partial charge in [0.25, 0.3) is 5.56 Å². The van der Waals surface area contributed by atoms with E-state index in [1.54, 1.807) is 16.8 Å². The number of thiazole rings is 1. The first kappa shape index (κ1) is 15.3. The summed E-state index contributed by atoms with van der Waals surface area (Å²) in [5.74, 6) is 0. The summed E-state index contributed by atoms with van der Waals surface area (Å²) >= 11 is 1.44. The SMILES string of the molecule is Nc1ccc(-c2csc3nc(/C=C/c4cccnc4)cc(=O)n23)cc1. The molecule has 0 atom stereocenters. The lowest BCUT2D eigenvalue weighted by Gasteiger charge is -2.02. The number of nitrogen functional groups attached to an aromatic ring is 1. The van der Waals surface area contributed by atoms with Crippen molar-refractivity contribution in [3.05, 3.63) is 81.8 Å². The van der Waals surface area contributed by atoms with Gasteiger partial charge in [0.05, 0.1) is 11.4 Å². The van der Waals surface area contributed by atoms with Crippen molar-refractivity contribution >= 4 is 34.1 Å². The summed E-state index contributed by atoms with van der Waals surface area (Å²) in [6.07, 6.45) is 7.19. The van der Waals surface area contributed by atoms with Crippen molar-refractivity contribution in [3.8, 4) is 11.3 Å². The molecule has 6 heteroatoms. The zero-order valence-corrected chi connectivity index (χ0v) is 14.0. The first-order valence-corrected chi connectivity index (χ1v) is 8.54. The molecular weight excluding hydrogens is 332 g/mol. The standard InChI is InChI=1S/C19H14N4OS/c20-15-6-4-14(5-7-15)17-12-25-19-22-16(10-18(24)23(17)19)8-3-13-2-1-9-21-11-13/h1-12H,20H2/b8-3+. The van der Waals surface area contributed by atoms with Crippen LogP contribution >= 0.6 is 11.3 Å². The quantitative estimate of drug-likeness (QED) is 0.576. The molecule has 0 bridgehead atoms. The highest BCUT2D eigenvalue weighted by Gasteiger charge is 2.10. The lowest BCUT2D eigenvalue weighted by molar-refractivity contribution is 1.08. The molecule has 0 saturated heterocycles. The maximum absolute atomic E-state index is 12.6. The van der Waals surface area contributed by atoms with Crippen LogP contribution in [0.1, 0.15) is 11.3 Å². The molecule has 0 amide bonds. The van der Waals surface area contributed by atoms with E-state index < -0.39 is 0 Å². The molecular formula is C19H14N4OS. The van der Waals surface area contributed by atoms with Gasteiger partial charge in [-0.2, -0.15) is 0 Å². The van der Waals surface area contributed by atoms with E-state index >= 15 is 0 Å². The molecule has 0 aliphatic rings. The van der Waals surface area contributed by atoms with Crippen molar-refractivity contribution in [1.82, 2.24) is 14.4 Å². The third-order valence-corrected chi connectivity index (χ3v) is 4.59. The Morgan fingerprint density at radius 2 is 1.96 bits per heavy atom. The van der Waals surface area contributed by atoms with Crippen LogP contribution in [0, 0.1) is 0 Å². The lowest BCUT2D eigenvalue weighted by atomic mass is 10.1. The van der Waals surface area contributed by atoms with E-state index in [4.69, 9.17) is 5.73 Å². The molecule has 2 N–H and O–H groups in total. The number of fused-ring (bicyclic) bond motifs is 1. The Morgan fingerprint density at radius 1 is 1.12 bits per heavy atom. The molecule has 5 nitrogen and oxygen atoms in total. The Morgan fingerprint density at radius 3 is 2.72 bits per heavy atom. The second-order valence-electron chi connectivity index (χ2n) is 5.50. The molecule has 0 aliphatic carbocycles. The second-order valence-corrected chi connectivity index (χ2v) is 6.34. The maximum atomic E-state index is 12.6. The minimum absolute atomic E-state index is 0.107. The fourth-order valence-corrected chi connectivity index (χ4v) is 3.44. The van der Waals surface area contributed by atoms with E-state index in [9.17, 15) is 4.79 Å². The second kappa shape index (κ2) is 6.33. The number of aromatic nitrogens is 3. The van der Waals surface area contributed by atoms with E-state index in [1.165, 1.54) is 17.4 Å². The molecule has 122 valence electrons. The predicted molar refractivity (Wildman–Crippen MR) is 102 cm³/mol. The van der Waals surface area contributed by atoms with E-state index in [0.29, 0.717) is 16.3 Å². The van der Waals surface area contributed by atoms with Gasteiger partial charge in [0, 0.05) is 29.5 Å². The molecule has 4 aromatic rings. The number of nitrogens with two attached hydrogens (primary N) is 1. The van der Waals surface area contributed by atoms with Gasteiger partial charge in [0.1, 0.15) is 0 Å². The summed E-state index contributed by atoms with van der Waals surface area (Å²) in [6, 6.07) is 12.8. The first-order chi connectivity index (χ1) is 12.2. The summed E-state index contributed by atoms with van der Waals surface area (Å²) in [7, 11) is 0. The van der Waals surface area contributed by atoms with Crippen LogP contribution < -0.4 is 11.3 Å². The van der Waals surface area contributed by atoms with Crippen LogP contribution in [0.2, 0.25) is 0 Å². The van der Waals surface area contributed by atoms with Gasteiger partial charge in [-0.05, 0) is 35.4 Å². The van der Waals surface area contributed by atoms with E-state index in [-0.39, 0.29) is 5.56 Å². The molecule has 3 aromatic heterocycles. The largest absolute Gasteiger partial charge is 0.399 e. The summed E-state index contributed by atoms with van der Waals surface area (Å²) in [6.45, 7) is 0. The van der Waals surface area contributed by atoms with Gasteiger partial charge in [-0.3, -0.25) is 14.2 Å². The van der Waals surface area contributed by atoms with Gasteiger partial charge in [-0.1, -0.05) is 24.3 Å². The van der Waals surface area contributed by atoms with Crippen LogP contribution in [0.3, 0.4) is 0 Å². The first-order valence-electron chi connectivity index (χ1n) is 7.66. The average Bonchev–Trinajstić information content (AvgIpc) is 3.06. The number of nitrogens with zero attached hydrogens (tertiary/aromatic N) is 3. The Kier molecular flexibility index (Phi) is 3.87.